The van der Waals surface area contributed by atoms with Crippen molar-refractivity contribution in [2.75, 3.05) is 0 Å². The molecule has 0 spiro atoms. The Balaban J connectivity index is 2.38. The van der Waals surface area contributed by atoms with Gasteiger partial charge < -0.3 is 10.1 Å². The molecule has 0 bridgehead atoms. The summed E-state index contributed by atoms with van der Waals surface area (Å²) in [4.78, 5) is 13.9. The van der Waals surface area contributed by atoms with E-state index in [-0.39, 0.29) is 29.1 Å². The van der Waals surface area contributed by atoms with Crippen molar-refractivity contribution in [1.29, 1.82) is 0 Å². The van der Waals surface area contributed by atoms with Gasteiger partial charge in [-0.1, -0.05) is 12.1 Å². The van der Waals surface area contributed by atoms with Gasteiger partial charge >= 0.3 is 0 Å². The Morgan fingerprint density at radius 3 is 2.81 bits per heavy atom. The van der Waals surface area contributed by atoms with Crippen molar-refractivity contribution in [3.05, 3.63) is 63.8 Å². The van der Waals surface area contributed by atoms with Gasteiger partial charge in [0.2, 0.25) is 0 Å². The highest BCUT2D eigenvalue weighted by Crippen LogP contribution is 2.15. The number of rotatable bonds is 2. The molecular weight excluding hydrogens is 209 g/mol. The molecule has 0 amide bonds. The van der Waals surface area contributed by atoms with Gasteiger partial charge in [0, 0.05) is 12.6 Å². The third-order valence-corrected chi connectivity index (χ3v) is 2.31. The maximum atomic E-state index is 12.9. The number of H-pyrrole nitrogens is 1. The van der Waals surface area contributed by atoms with Gasteiger partial charge in [0.1, 0.15) is 11.6 Å². The van der Waals surface area contributed by atoms with Crippen LogP contribution in [0.5, 0.6) is 5.75 Å². The van der Waals surface area contributed by atoms with Crippen LogP contribution in [0.1, 0.15) is 11.1 Å². The number of nitrogens with one attached hydrogen (secondary N) is 1. The first-order chi connectivity index (χ1) is 7.66. The Morgan fingerprint density at radius 2 is 2.12 bits per heavy atom. The molecule has 2 N–H and O–H groups in total. The number of hydrogen-bond acceptors (Lipinski definition) is 2. The van der Waals surface area contributed by atoms with Crippen LogP contribution in [0.4, 0.5) is 4.39 Å². The summed E-state index contributed by atoms with van der Waals surface area (Å²) in [5, 5.41) is 9.51. The SMILES string of the molecule is O=c1[nH]ccc(O)c1Cc1cccc(F)c1. The summed E-state index contributed by atoms with van der Waals surface area (Å²) in [6.07, 6.45) is 1.58. The van der Waals surface area contributed by atoms with Gasteiger partial charge in [0.25, 0.3) is 5.56 Å². The smallest absolute Gasteiger partial charge is 0.255 e. The van der Waals surface area contributed by atoms with Crippen LogP contribution in [0.3, 0.4) is 0 Å². The lowest BCUT2D eigenvalue weighted by atomic mass is 10.1. The van der Waals surface area contributed by atoms with Crippen LogP contribution in [-0.2, 0) is 6.42 Å². The van der Waals surface area contributed by atoms with Gasteiger partial charge in [-0.05, 0) is 23.8 Å². The molecule has 16 heavy (non-hydrogen) atoms. The number of halogens is 1. The second-order valence-corrected chi connectivity index (χ2v) is 3.48. The number of benzene rings is 1. The summed E-state index contributed by atoms with van der Waals surface area (Å²) in [5.41, 5.74) is 0.532. The van der Waals surface area contributed by atoms with E-state index >= 15 is 0 Å². The first-order valence-corrected chi connectivity index (χ1v) is 4.81. The normalized spacial score (nSPS) is 10.3. The Labute approximate surface area is 91.2 Å². The molecule has 82 valence electrons. The molecule has 4 heteroatoms. The molecule has 1 aromatic carbocycles. The molecule has 2 rings (SSSR count). The van der Waals surface area contributed by atoms with E-state index in [2.05, 4.69) is 4.98 Å². The average Bonchev–Trinajstić information content (AvgIpc) is 2.24. The van der Waals surface area contributed by atoms with E-state index in [1.807, 2.05) is 0 Å². The lowest BCUT2D eigenvalue weighted by Crippen LogP contribution is -2.12. The molecule has 0 aliphatic carbocycles. The second kappa shape index (κ2) is 4.18. The van der Waals surface area contributed by atoms with Crippen molar-refractivity contribution in [3.63, 3.8) is 0 Å². The molecule has 1 aromatic heterocycles. The Hall–Kier alpha value is -2.10. The summed E-state index contributed by atoms with van der Waals surface area (Å²) < 4.78 is 12.9. The predicted octanol–water partition coefficient (Wildman–Crippen LogP) is 1.81. The van der Waals surface area contributed by atoms with Crippen LogP contribution in [0, 0.1) is 5.82 Å². The Bertz CT molecular complexity index is 563. The molecule has 0 fully saturated rings. The zero-order valence-electron chi connectivity index (χ0n) is 8.40. The van der Waals surface area contributed by atoms with E-state index in [4.69, 9.17) is 0 Å². The quantitative estimate of drug-likeness (QED) is 0.809. The molecule has 0 radical (unpaired) electrons. The van der Waals surface area contributed by atoms with Gasteiger partial charge in [-0.25, -0.2) is 4.39 Å². The molecule has 0 saturated heterocycles. The van der Waals surface area contributed by atoms with E-state index in [0.29, 0.717) is 5.56 Å². The van der Waals surface area contributed by atoms with Crippen molar-refractivity contribution in [1.82, 2.24) is 4.98 Å². The van der Waals surface area contributed by atoms with Crippen LogP contribution < -0.4 is 5.56 Å². The lowest BCUT2D eigenvalue weighted by Gasteiger charge is -2.03. The minimum Gasteiger partial charge on any atom is -0.507 e. The van der Waals surface area contributed by atoms with Crippen LogP contribution >= 0.6 is 0 Å². The fourth-order valence-corrected chi connectivity index (χ4v) is 1.52. The molecule has 0 unspecified atom stereocenters. The van der Waals surface area contributed by atoms with Crippen molar-refractivity contribution in [3.8, 4) is 5.75 Å². The van der Waals surface area contributed by atoms with Crippen LogP contribution in [0.2, 0.25) is 0 Å². The largest absolute Gasteiger partial charge is 0.507 e. The third kappa shape index (κ3) is 2.11. The maximum absolute atomic E-state index is 12.9. The Kier molecular flexibility index (Phi) is 2.72. The summed E-state index contributed by atoms with van der Waals surface area (Å²) in [7, 11) is 0. The van der Waals surface area contributed by atoms with Crippen molar-refractivity contribution < 1.29 is 9.50 Å². The van der Waals surface area contributed by atoms with Crippen molar-refractivity contribution in [2.24, 2.45) is 0 Å². The molecular formula is C12H10FNO2. The minimum absolute atomic E-state index is 0.0759. The zero-order valence-corrected chi connectivity index (χ0v) is 8.40. The highest BCUT2D eigenvalue weighted by molar-refractivity contribution is 5.34. The molecule has 0 saturated carbocycles. The monoisotopic (exact) mass is 219 g/mol. The highest BCUT2D eigenvalue weighted by atomic mass is 19.1. The lowest BCUT2D eigenvalue weighted by molar-refractivity contribution is 0.467. The van der Waals surface area contributed by atoms with E-state index in [1.165, 1.54) is 24.4 Å². The zero-order chi connectivity index (χ0) is 11.5. The summed E-state index contributed by atoms with van der Waals surface area (Å²) in [6, 6.07) is 7.34. The summed E-state index contributed by atoms with van der Waals surface area (Å²) in [5.74, 6) is -0.433. The highest BCUT2D eigenvalue weighted by Gasteiger charge is 2.07. The topological polar surface area (TPSA) is 53.1 Å². The number of aromatic nitrogens is 1. The third-order valence-electron chi connectivity index (χ3n) is 2.31. The fourth-order valence-electron chi connectivity index (χ4n) is 1.52. The fraction of sp³-hybridized carbons (Fsp3) is 0.0833. The van der Waals surface area contributed by atoms with Crippen LogP contribution in [0.15, 0.2) is 41.3 Å². The molecule has 1 heterocycles. The van der Waals surface area contributed by atoms with E-state index in [1.54, 1.807) is 12.1 Å². The summed E-state index contributed by atoms with van der Waals surface area (Å²) >= 11 is 0. The molecule has 0 atom stereocenters. The number of aromatic amines is 1. The van der Waals surface area contributed by atoms with Crippen molar-refractivity contribution >= 4 is 0 Å². The summed E-state index contributed by atoms with van der Waals surface area (Å²) in [6.45, 7) is 0. The average molecular weight is 219 g/mol. The number of aromatic hydroxyl groups is 1. The van der Waals surface area contributed by atoms with Gasteiger partial charge in [-0.15, -0.1) is 0 Å². The van der Waals surface area contributed by atoms with Gasteiger partial charge in [0.05, 0.1) is 5.56 Å². The molecule has 2 aromatic rings. The standard InChI is InChI=1S/C12H10FNO2/c13-9-3-1-2-8(6-9)7-10-11(15)4-5-14-12(10)16/h1-6H,7H2,(H2,14,15,16). The molecule has 3 nitrogen and oxygen atoms in total. The first-order valence-electron chi connectivity index (χ1n) is 4.81. The predicted molar refractivity (Wildman–Crippen MR) is 57.9 cm³/mol. The van der Waals surface area contributed by atoms with Crippen molar-refractivity contribution in [2.45, 2.75) is 6.42 Å². The second-order valence-electron chi connectivity index (χ2n) is 3.48. The minimum atomic E-state index is -0.357. The van der Waals surface area contributed by atoms with Gasteiger partial charge in [0.15, 0.2) is 0 Å². The Morgan fingerprint density at radius 1 is 1.31 bits per heavy atom. The number of hydrogen-bond donors (Lipinski definition) is 2. The van der Waals surface area contributed by atoms with E-state index in [9.17, 15) is 14.3 Å². The van der Waals surface area contributed by atoms with Gasteiger partial charge in [-0.2, -0.15) is 0 Å². The van der Waals surface area contributed by atoms with E-state index in [0.717, 1.165) is 0 Å². The van der Waals surface area contributed by atoms with Crippen LogP contribution in [0.25, 0.3) is 0 Å². The van der Waals surface area contributed by atoms with Gasteiger partial charge in [-0.3, -0.25) is 4.79 Å². The first kappa shape index (κ1) is 10.4. The maximum Gasteiger partial charge on any atom is 0.255 e. The molecule has 0 aliphatic rings. The van der Waals surface area contributed by atoms with E-state index < -0.39 is 0 Å². The van der Waals surface area contributed by atoms with Crippen LogP contribution in [-0.4, -0.2) is 10.1 Å². The molecule has 0 aliphatic heterocycles. The number of pyridine rings is 1.